The third kappa shape index (κ3) is 3.28. The van der Waals surface area contributed by atoms with Crippen molar-refractivity contribution in [3.8, 4) is 29.0 Å². The van der Waals surface area contributed by atoms with Crippen molar-refractivity contribution >= 4 is 12.2 Å². The first kappa shape index (κ1) is 14.9. The number of nitrogens with zero attached hydrogens (tertiary/aromatic N) is 2. The van der Waals surface area contributed by atoms with Crippen molar-refractivity contribution in [2.45, 2.75) is 6.92 Å². The first-order valence-electron chi connectivity index (χ1n) is 7.02. The van der Waals surface area contributed by atoms with Crippen LogP contribution in [0.1, 0.15) is 11.3 Å². The molecule has 0 aliphatic rings. The van der Waals surface area contributed by atoms with Crippen molar-refractivity contribution in [3.63, 3.8) is 0 Å². The maximum absolute atomic E-state index is 9.04. The second kappa shape index (κ2) is 6.42. The number of ether oxygens (including phenoxy) is 1. The van der Waals surface area contributed by atoms with Gasteiger partial charge in [-0.2, -0.15) is 5.26 Å². The summed E-state index contributed by atoms with van der Waals surface area (Å²) in [6.07, 6.45) is 0. The van der Waals surface area contributed by atoms with E-state index >= 15 is 0 Å². The Balaban J connectivity index is 1.88. The highest BCUT2D eigenvalue weighted by molar-refractivity contribution is 7.71. The molecule has 3 rings (SSSR count). The molecule has 0 fully saturated rings. The Kier molecular flexibility index (Phi) is 4.18. The van der Waals surface area contributed by atoms with Crippen LogP contribution in [-0.4, -0.2) is 9.97 Å². The van der Waals surface area contributed by atoms with Crippen LogP contribution in [0, 0.1) is 22.9 Å². The number of aromatic amines is 1. The fraction of sp³-hybridized carbons (Fsp3) is 0.0556. The number of nitriles is 1. The van der Waals surface area contributed by atoms with Crippen molar-refractivity contribution in [2.75, 3.05) is 0 Å². The molecule has 0 atom stereocenters. The van der Waals surface area contributed by atoms with E-state index < -0.39 is 0 Å². The molecule has 0 bridgehead atoms. The van der Waals surface area contributed by atoms with Gasteiger partial charge in [-0.15, -0.1) is 0 Å². The van der Waals surface area contributed by atoms with Crippen LogP contribution in [0.2, 0.25) is 0 Å². The first-order chi connectivity index (χ1) is 11.2. The van der Waals surface area contributed by atoms with E-state index in [9.17, 15) is 0 Å². The quantitative estimate of drug-likeness (QED) is 0.706. The van der Waals surface area contributed by atoms with E-state index in [1.807, 2.05) is 61.5 Å². The highest BCUT2D eigenvalue weighted by Crippen LogP contribution is 2.24. The van der Waals surface area contributed by atoms with Crippen LogP contribution in [0.5, 0.6) is 11.5 Å². The van der Waals surface area contributed by atoms with Gasteiger partial charge in [0.05, 0.1) is 0 Å². The van der Waals surface area contributed by atoms with E-state index in [1.54, 1.807) is 0 Å². The minimum Gasteiger partial charge on any atom is -0.457 e. The van der Waals surface area contributed by atoms with Gasteiger partial charge in [0.2, 0.25) is 0 Å². The molecule has 0 radical (unpaired) electrons. The summed E-state index contributed by atoms with van der Waals surface area (Å²) in [6, 6.07) is 19.2. The molecule has 0 spiro atoms. The van der Waals surface area contributed by atoms with Crippen molar-refractivity contribution in [1.82, 2.24) is 9.97 Å². The van der Waals surface area contributed by atoms with Gasteiger partial charge in [-0.3, -0.25) is 0 Å². The number of rotatable bonds is 3. The Morgan fingerprint density at radius 1 is 1.04 bits per heavy atom. The standard InChI is InChI=1S/C18H13N3OS/c1-12-16(11-19)18(23)21-17(20-12)13-7-9-15(10-8-13)22-14-5-3-2-4-6-14/h2-10H,1H3,(H,20,21,23). The summed E-state index contributed by atoms with van der Waals surface area (Å²) in [5.41, 5.74) is 2.00. The molecule has 0 amide bonds. The monoisotopic (exact) mass is 319 g/mol. The van der Waals surface area contributed by atoms with Crippen molar-refractivity contribution in [2.24, 2.45) is 0 Å². The van der Waals surface area contributed by atoms with Crippen LogP contribution in [0.25, 0.3) is 11.4 Å². The maximum Gasteiger partial charge on any atom is 0.148 e. The molecule has 0 aliphatic heterocycles. The lowest BCUT2D eigenvalue weighted by Gasteiger charge is -2.07. The number of benzene rings is 2. The van der Waals surface area contributed by atoms with E-state index in [2.05, 4.69) is 16.0 Å². The molecule has 112 valence electrons. The van der Waals surface area contributed by atoms with Crippen molar-refractivity contribution < 1.29 is 4.74 Å². The highest BCUT2D eigenvalue weighted by atomic mass is 32.1. The number of hydrogen-bond donors (Lipinski definition) is 1. The molecule has 1 heterocycles. The molecular formula is C18H13N3OS. The van der Waals surface area contributed by atoms with E-state index in [-0.39, 0.29) is 0 Å². The zero-order chi connectivity index (χ0) is 16.2. The molecule has 1 aromatic heterocycles. The summed E-state index contributed by atoms with van der Waals surface area (Å²) in [7, 11) is 0. The average molecular weight is 319 g/mol. The molecular weight excluding hydrogens is 306 g/mol. The lowest BCUT2D eigenvalue weighted by Crippen LogP contribution is -1.97. The number of hydrogen-bond acceptors (Lipinski definition) is 4. The Morgan fingerprint density at radius 2 is 1.70 bits per heavy atom. The molecule has 23 heavy (non-hydrogen) atoms. The van der Waals surface area contributed by atoms with Gasteiger partial charge in [-0.05, 0) is 43.3 Å². The smallest absolute Gasteiger partial charge is 0.148 e. The number of para-hydroxylation sites is 1. The van der Waals surface area contributed by atoms with Crippen LogP contribution in [0.3, 0.4) is 0 Å². The Morgan fingerprint density at radius 3 is 2.30 bits per heavy atom. The zero-order valence-electron chi connectivity index (χ0n) is 12.4. The van der Waals surface area contributed by atoms with Crippen LogP contribution in [0.15, 0.2) is 54.6 Å². The predicted molar refractivity (Wildman–Crippen MR) is 90.8 cm³/mol. The lowest BCUT2D eigenvalue weighted by molar-refractivity contribution is 0.483. The van der Waals surface area contributed by atoms with Crippen LogP contribution in [-0.2, 0) is 0 Å². The average Bonchev–Trinajstić information content (AvgIpc) is 2.56. The Bertz CT molecular complexity index is 925. The second-order valence-electron chi connectivity index (χ2n) is 4.94. The summed E-state index contributed by atoms with van der Waals surface area (Å²) in [4.78, 5) is 7.40. The largest absolute Gasteiger partial charge is 0.457 e. The molecule has 5 heteroatoms. The molecule has 0 aliphatic carbocycles. The van der Waals surface area contributed by atoms with E-state index in [1.165, 1.54) is 0 Å². The molecule has 0 saturated heterocycles. The molecule has 0 unspecified atom stereocenters. The van der Waals surface area contributed by atoms with Crippen molar-refractivity contribution in [1.29, 1.82) is 5.26 Å². The maximum atomic E-state index is 9.04. The fourth-order valence-corrected chi connectivity index (χ4v) is 2.45. The van der Waals surface area contributed by atoms with E-state index in [4.69, 9.17) is 22.2 Å². The van der Waals surface area contributed by atoms with E-state index in [0.717, 1.165) is 17.1 Å². The first-order valence-corrected chi connectivity index (χ1v) is 7.42. The van der Waals surface area contributed by atoms with E-state index in [0.29, 0.717) is 21.7 Å². The van der Waals surface area contributed by atoms with Crippen LogP contribution in [0.4, 0.5) is 0 Å². The summed E-state index contributed by atoms with van der Waals surface area (Å²) < 4.78 is 6.07. The van der Waals surface area contributed by atoms with Gasteiger partial charge in [0, 0.05) is 11.3 Å². The number of nitrogens with one attached hydrogen (secondary N) is 1. The molecule has 1 N–H and O–H groups in total. The van der Waals surface area contributed by atoms with Gasteiger partial charge in [0.25, 0.3) is 0 Å². The molecule has 3 aromatic rings. The Labute approximate surface area is 139 Å². The number of aryl methyl sites for hydroxylation is 1. The predicted octanol–water partition coefficient (Wildman–Crippen LogP) is 4.78. The fourth-order valence-electron chi connectivity index (χ4n) is 2.16. The van der Waals surface area contributed by atoms with Gasteiger partial charge < -0.3 is 9.72 Å². The summed E-state index contributed by atoms with van der Waals surface area (Å²) in [5, 5.41) is 9.04. The van der Waals surface area contributed by atoms with Gasteiger partial charge in [0.1, 0.15) is 33.6 Å². The number of H-pyrrole nitrogens is 1. The summed E-state index contributed by atoms with van der Waals surface area (Å²) in [5.74, 6) is 2.16. The topological polar surface area (TPSA) is 61.7 Å². The molecule has 4 nitrogen and oxygen atoms in total. The van der Waals surface area contributed by atoms with Crippen molar-refractivity contribution in [3.05, 3.63) is 70.5 Å². The SMILES string of the molecule is Cc1[nH]c(-c2ccc(Oc3ccccc3)cc2)nc(=S)c1C#N. The third-order valence-corrected chi connectivity index (χ3v) is 3.62. The third-order valence-electron chi connectivity index (χ3n) is 3.33. The highest BCUT2D eigenvalue weighted by Gasteiger charge is 2.07. The van der Waals surface area contributed by atoms with Gasteiger partial charge in [-0.1, -0.05) is 30.4 Å². The normalized spacial score (nSPS) is 10.1. The van der Waals surface area contributed by atoms with Crippen LogP contribution < -0.4 is 4.74 Å². The lowest BCUT2D eigenvalue weighted by atomic mass is 10.2. The molecule has 2 aromatic carbocycles. The van der Waals surface area contributed by atoms with Gasteiger partial charge in [-0.25, -0.2) is 4.98 Å². The Hall–Kier alpha value is -2.97. The number of aromatic nitrogens is 2. The summed E-state index contributed by atoms with van der Waals surface area (Å²) >= 11 is 5.16. The second-order valence-corrected chi connectivity index (χ2v) is 5.33. The summed E-state index contributed by atoms with van der Waals surface area (Å²) in [6.45, 7) is 1.81. The van der Waals surface area contributed by atoms with Gasteiger partial charge >= 0.3 is 0 Å². The van der Waals surface area contributed by atoms with Gasteiger partial charge in [0.15, 0.2) is 0 Å². The minimum absolute atomic E-state index is 0.309. The van der Waals surface area contributed by atoms with Crippen LogP contribution >= 0.6 is 12.2 Å². The molecule has 0 saturated carbocycles. The minimum atomic E-state index is 0.309. The zero-order valence-corrected chi connectivity index (χ0v) is 13.2.